The zero-order valence-electron chi connectivity index (χ0n) is 15.1. The van der Waals surface area contributed by atoms with Crippen LogP contribution in [0.15, 0.2) is 24.2 Å². The molecule has 0 saturated carbocycles. The van der Waals surface area contributed by atoms with Gasteiger partial charge in [0.15, 0.2) is 5.76 Å². The van der Waals surface area contributed by atoms with Gasteiger partial charge in [0, 0.05) is 43.0 Å². The van der Waals surface area contributed by atoms with E-state index in [-0.39, 0.29) is 17.4 Å². The molecular formula is C19H27N3O3. The Balaban J connectivity index is 1.62. The van der Waals surface area contributed by atoms with E-state index < -0.39 is 0 Å². The Morgan fingerprint density at radius 2 is 2.12 bits per heavy atom. The van der Waals surface area contributed by atoms with E-state index in [1.807, 2.05) is 21.9 Å². The summed E-state index contributed by atoms with van der Waals surface area (Å²) in [7, 11) is 0. The molecule has 0 radical (unpaired) electrons. The van der Waals surface area contributed by atoms with Crippen molar-refractivity contribution in [3.63, 3.8) is 0 Å². The van der Waals surface area contributed by atoms with Crippen molar-refractivity contribution in [1.29, 1.82) is 0 Å². The maximum atomic E-state index is 13.0. The summed E-state index contributed by atoms with van der Waals surface area (Å²) in [5, 5.41) is 4.50. The molecule has 3 aliphatic heterocycles. The highest BCUT2D eigenvalue weighted by atomic mass is 16.5. The number of aromatic nitrogens is 2. The lowest BCUT2D eigenvalue weighted by Crippen LogP contribution is -2.62. The molecule has 136 valence electrons. The molecule has 6 heteroatoms. The van der Waals surface area contributed by atoms with Gasteiger partial charge in [-0.15, -0.1) is 0 Å². The van der Waals surface area contributed by atoms with Crippen LogP contribution >= 0.6 is 0 Å². The van der Waals surface area contributed by atoms with Crippen molar-refractivity contribution >= 4 is 5.91 Å². The van der Waals surface area contributed by atoms with Crippen LogP contribution in [0.2, 0.25) is 0 Å². The highest BCUT2D eigenvalue weighted by molar-refractivity contribution is 5.92. The number of rotatable bonds is 3. The first kappa shape index (κ1) is 16.6. The van der Waals surface area contributed by atoms with Gasteiger partial charge in [0.05, 0.1) is 18.8 Å². The lowest BCUT2D eigenvalue weighted by atomic mass is 9.64. The predicted octanol–water partition coefficient (Wildman–Crippen LogP) is 2.84. The van der Waals surface area contributed by atoms with Gasteiger partial charge < -0.3 is 14.4 Å². The van der Waals surface area contributed by atoms with Crippen molar-refractivity contribution in [2.24, 2.45) is 5.41 Å². The van der Waals surface area contributed by atoms with Crippen LogP contribution in [0.3, 0.4) is 0 Å². The monoisotopic (exact) mass is 345 g/mol. The molecule has 0 aromatic carbocycles. The van der Waals surface area contributed by atoms with Crippen molar-refractivity contribution in [3.05, 3.63) is 29.8 Å². The van der Waals surface area contributed by atoms with E-state index in [1.165, 1.54) is 0 Å². The zero-order chi connectivity index (χ0) is 17.4. The fourth-order valence-corrected chi connectivity index (χ4v) is 4.29. The average Bonchev–Trinajstić information content (AvgIpc) is 3.10. The molecule has 1 amide bonds. The van der Waals surface area contributed by atoms with Crippen LogP contribution in [-0.2, 0) is 14.3 Å². The van der Waals surface area contributed by atoms with Crippen LogP contribution in [0.1, 0.15) is 57.2 Å². The second-order valence-electron chi connectivity index (χ2n) is 7.72. The molecule has 3 aliphatic rings. The van der Waals surface area contributed by atoms with Gasteiger partial charge in [-0.3, -0.25) is 9.48 Å². The molecule has 1 aromatic heterocycles. The molecule has 1 atom stereocenters. The Kier molecular flexibility index (Phi) is 4.31. The Hall–Kier alpha value is -1.82. The van der Waals surface area contributed by atoms with E-state index in [0.29, 0.717) is 18.4 Å². The summed E-state index contributed by atoms with van der Waals surface area (Å²) >= 11 is 0. The van der Waals surface area contributed by atoms with Crippen LogP contribution in [0.4, 0.5) is 0 Å². The normalized spacial score (nSPS) is 25.5. The SMILES string of the molecule is CC(C)n1cc(C2N(C(=O)C3=CCCCO3)CC23CCOCC3)cn1. The fourth-order valence-electron chi connectivity index (χ4n) is 4.29. The minimum atomic E-state index is 0.0270. The molecule has 0 aliphatic carbocycles. The summed E-state index contributed by atoms with van der Waals surface area (Å²) in [6, 6.07) is 0.385. The topological polar surface area (TPSA) is 56.6 Å². The molecule has 1 spiro atoms. The van der Waals surface area contributed by atoms with Crippen LogP contribution < -0.4 is 0 Å². The summed E-state index contributed by atoms with van der Waals surface area (Å²) in [6.45, 7) is 7.20. The number of allylic oxidation sites excluding steroid dienone is 1. The van der Waals surface area contributed by atoms with E-state index in [4.69, 9.17) is 9.47 Å². The molecule has 4 heterocycles. The third kappa shape index (κ3) is 2.86. The van der Waals surface area contributed by atoms with E-state index in [1.54, 1.807) is 0 Å². The molecule has 2 saturated heterocycles. The Morgan fingerprint density at radius 1 is 1.32 bits per heavy atom. The van der Waals surface area contributed by atoms with Crippen molar-refractivity contribution < 1.29 is 14.3 Å². The van der Waals surface area contributed by atoms with E-state index in [0.717, 1.165) is 51.0 Å². The van der Waals surface area contributed by atoms with Gasteiger partial charge >= 0.3 is 0 Å². The number of ether oxygens (including phenoxy) is 2. The number of nitrogens with zero attached hydrogens (tertiary/aromatic N) is 3. The van der Waals surface area contributed by atoms with E-state index >= 15 is 0 Å². The van der Waals surface area contributed by atoms with Gasteiger partial charge in [-0.2, -0.15) is 5.10 Å². The number of carbonyl (C=O) groups is 1. The molecule has 6 nitrogen and oxygen atoms in total. The highest BCUT2D eigenvalue weighted by Gasteiger charge is 2.56. The maximum absolute atomic E-state index is 13.0. The largest absolute Gasteiger partial charge is 0.488 e. The van der Waals surface area contributed by atoms with Crippen LogP contribution in [-0.4, -0.2) is 47.0 Å². The predicted molar refractivity (Wildman–Crippen MR) is 92.8 cm³/mol. The summed E-state index contributed by atoms with van der Waals surface area (Å²) < 4.78 is 13.2. The fraction of sp³-hybridized carbons (Fsp3) is 0.684. The van der Waals surface area contributed by atoms with Gasteiger partial charge in [-0.1, -0.05) is 0 Å². The molecule has 0 bridgehead atoms. The smallest absolute Gasteiger partial charge is 0.289 e. The molecule has 1 unspecified atom stereocenters. The summed E-state index contributed by atoms with van der Waals surface area (Å²) in [4.78, 5) is 15.0. The summed E-state index contributed by atoms with van der Waals surface area (Å²) in [5.74, 6) is 0.550. The molecule has 25 heavy (non-hydrogen) atoms. The van der Waals surface area contributed by atoms with Gasteiger partial charge in [0.1, 0.15) is 0 Å². The molecule has 2 fully saturated rings. The van der Waals surface area contributed by atoms with Gasteiger partial charge in [0.2, 0.25) is 0 Å². The Bertz CT molecular complexity index is 673. The molecular weight excluding hydrogens is 318 g/mol. The Labute approximate surface area is 148 Å². The molecule has 0 N–H and O–H groups in total. The third-order valence-electron chi connectivity index (χ3n) is 5.74. The highest BCUT2D eigenvalue weighted by Crippen LogP contribution is 2.55. The van der Waals surface area contributed by atoms with Crippen molar-refractivity contribution in [2.75, 3.05) is 26.4 Å². The molecule has 4 rings (SSSR count). The lowest BCUT2D eigenvalue weighted by molar-refractivity contribution is -0.168. The quantitative estimate of drug-likeness (QED) is 0.845. The number of carbonyl (C=O) groups excluding carboxylic acids is 1. The first-order valence-electron chi connectivity index (χ1n) is 9.36. The second kappa shape index (κ2) is 6.48. The third-order valence-corrected chi connectivity index (χ3v) is 5.74. The lowest BCUT2D eigenvalue weighted by Gasteiger charge is -2.59. The summed E-state index contributed by atoms with van der Waals surface area (Å²) in [6.07, 6.45) is 9.86. The first-order valence-corrected chi connectivity index (χ1v) is 9.36. The number of hydrogen-bond donors (Lipinski definition) is 0. The minimum absolute atomic E-state index is 0.0270. The van der Waals surface area contributed by atoms with Gasteiger partial charge in [-0.05, 0) is 45.6 Å². The summed E-state index contributed by atoms with van der Waals surface area (Å²) in [5.41, 5.74) is 1.25. The van der Waals surface area contributed by atoms with Crippen molar-refractivity contribution in [3.8, 4) is 0 Å². The van der Waals surface area contributed by atoms with E-state index in [2.05, 4.69) is 25.1 Å². The van der Waals surface area contributed by atoms with Gasteiger partial charge in [-0.25, -0.2) is 0 Å². The van der Waals surface area contributed by atoms with Crippen molar-refractivity contribution in [1.82, 2.24) is 14.7 Å². The Morgan fingerprint density at radius 3 is 2.76 bits per heavy atom. The average molecular weight is 345 g/mol. The number of amides is 1. The number of likely N-dealkylation sites (tertiary alicyclic amines) is 1. The van der Waals surface area contributed by atoms with Crippen LogP contribution in [0.25, 0.3) is 0 Å². The standard InChI is InChI=1S/C19H27N3O3/c1-14(2)22-12-15(11-20-22)17-19(6-9-24-10-7-19)13-21(17)18(23)16-5-3-4-8-25-16/h5,11-12,14,17H,3-4,6-10,13H2,1-2H3. The van der Waals surface area contributed by atoms with Gasteiger partial charge in [0.25, 0.3) is 5.91 Å². The van der Waals surface area contributed by atoms with Crippen molar-refractivity contribution in [2.45, 2.75) is 51.6 Å². The first-order chi connectivity index (χ1) is 12.1. The minimum Gasteiger partial charge on any atom is -0.488 e. The zero-order valence-corrected chi connectivity index (χ0v) is 15.1. The van der Waals surface area contributed by atoms with Crippen LogP contribution in [0.5, 0.6) is 0 Å². The van der Waals surface area contributed by atoms with Crippen LogP contribution in [0, 0.1) is 5.41 Å². The molecule has 1 aromatic rings. The maximum Gasteiger partial charge on any atom is 0.289 e. The number of hydrogen-bond acceptors (Lipinski definition) is 4. The van der Waals surface area contributed by atoms with E-state index in [9.17, 15) is 4.79 Å². The second-order valence-corrected chi connectivity index (χ2v) is 7.72.